The van der Waals surface area contributed by atoms with E-state index in [1.165, 1.54) is 6.21 Å². The summed E-state index contributed by atoms with van der Waals surface area (Å²) in [4.78, 5) is 11.5. The molecule has 1 amide bonds. The highest BCUT2D eigenvalue weighted by Crippen LogP contribution is 2.16. The molecule has 1 aromatic carbocycles. The number of hydrogen-bond acceptors (Lipinski definition) is 5. The number of ether oxygens (including phenoxy) is 2. The first kappa shape index (κ1) is 15.4. The summed E-state index contributed by atoms with van der Waals surface area (Å²) in [5, 5.41) is 3.77. The number of rotatable bonds is 6. The fourth-order valence-electron chi connectivity index (χ4n) is 1.42. The number of nitrogens with zero attached hydrogens (tertiary/aromatic N) is 1. The molecule has 0 aliphatic rings. The van der Waals surface area contributed by atoms with Gasteiger partial charge in [0.1, 0.15) is 17.3 Å². The van der Waals surface area contributed by atoms with E-state index >= 15 is 0 Å². The average Bonchev–Trinajstić information content (AvgIpc) is 2.91. The Morgan fingerprint density at radius 1 is 1.29 bits per heavy atom. The Balaban J connectivity index is 1.75. The first-order valence-corrected chi connectivity index (χ1v) is 7.09. The fourth-order valence-corrected chi connectivity index (χ4v) is 1.85. The van der Waals surface area contributed by atoms with Crippen molar-refractivity contribution in [1.29, 1.82) is 0 Å². The third-order valence-electron chi connectivity index (χ3n) is 2.40. The van der Waals surface area contributed by atoms with Gasteiger partial charge in [0, 0.05) is 0 Å². The number of amides is 1. The zero-order valence-corrected chi connectivity index (χ0v) is 13.4. The number of hydrazone groups is 1. The summed E-state index contributed by atoms with van der Waals surface area (Å²) in [6.07, 6.45) is 1.42. The van der Waals surface area contributed by atoms with Gasteiger partial charge in [-0.05, 0) is 59.0 Å². The van der Waals surface area contributed by atoms with Gasteiger partial charge in [-0.2, -0.15) is 5.10 Å². The largest absolute Gasteiger partial charge is 0.497 e. The standard InChI is InChI=1S/C14H13IN2O4/c1-19-10-2-4-11(5-3-10)20-9-14(18)17-16-8-12-6-7-13(15)21-12/h2-8H,9H2,1H3,(H,17,18)/b16-8+. The van der Waals surface area contributed by atoms with Crippen molar-refractivity contribution in [2.45, 2.75) is 0 Å². The van der Waals surface area contributed by atoms with Gasteiger partial charge in [0.05, 0.1) is 13.3 Å². The second kappa shape index (κ2) is 7.67. The molecule has 6 nitrogen and oxygen atoms in total. The van der Waals surface area contributed by atoms with Crippen molar-refractivity contribution < 1.29 is 18.7 Å². The van der Waals surface area contributed by atoms with Crippen molar-refractivity contribution in [2.24, 2.45) is 5.10 Å². The van der Waals surface area contributed by atoms with Crippen LogP contribution < -0.4 is 14.9 Å². The molecule has 0 unspecified atom stereocenters. The van der Waals surface area contributed by atoms with Crippen LogP contribution in [0.5, 0.6) is 11.5 Å². The summed E-state index contributed by atoms with van der Waals surface area (Å²) < 4.78 is 16.3. The molecule has 0 aliphatic carbocycles. The van der Waals surface area contributed by atoms with Gasteiger partial charge in [0.15, 0.2) is 10.4 Å². The van der Waals surface area contributed by atoms with Crippen LogP contribution in [0.1, 0.15) is 5.76 Å². The van der Waals surface area contributed by atoms with E-state index in [2.05, 4.69) is 10.5 Å². The summed E-state index contributed by atoms with van der Waals surface area (Å²) in [6.45, 7) is -0.126. The zero-order chi connectivity index (χ0) is 15.1. The van der Waals surface area contributed by atoms with Crippen LogP contribution in [0.4, 0.5) is 0 Å². The minimum absolute atomic E-state index is 0.126. The van der Waals surface area contributed by atoms with Crippen LogP contribution >= 0.6 is 22.6 Å². The maximum Gasteiger partial charge on any atom is 0.277 e. The van der Waals surface area contributed by atoms with Gasteiger partial charge in [-0.25, -0.2) is 5.43 Å². The van der Waals surface area contributed by atoms with E-state index in [9.17, 15) is 4.79 Å². The third-order valence-corrected chi connectivity index (χ3v) is 2.98. The molecule has 0 radical (unpaired) electrons. The molecule has 0 aliphatic heterocycles. The lowest BCUT2D eigenvalue weighted by atomic mass is 10.3. The lowest BCUT2D eigenvalue weighted by molar-refractivity contribution is -0.123. The van der Waals surface area contributed by atoms with E-state index in [0.29, 0.717) is 11.5 Å². The molecule has 0 saturated carbocycles. The Kier molecular flexibility index (Phi) is 5.61. The average molecular weight is 400 g/mol. The van der Waals surface area contributed by atoms with E-state index in [1.54, 1.807) is 43.5 Å². The van der Waals surface area contributed by atoms with Crippen molar-refractivity contribution in [3.05, 3.63) is 45.9 Å². The number of halogens is 1. The molecule has 1 N–H and O–H groups in total. The number of furan rings is 1. The van der Waals surface area contributed by atoms with Crippen LogP contribution in [0.2, 0.25) is 0 Å². The Hall–Kier alpha value is -2.03. The lowest BCUT2D eigenvalue weighted by Gasteiger charge is -2.05. The Morgan fingerprint density at radius 2 is 2.00 bits per heavy atom. The second-order valence-electron chi connectivity index (χ2n) is 3.90. The van der Waals surface area contributed by atoms with Gasteiger partial charge < -0.3 is 13.9 Å². The maximum atomic E-state index is 11.5. The number of carbonyl (C=O) groups excluding carboxylic acids is 1. The molecule has 0 bridgehead atoms. The van der Waals surface area contributed by atoms with E-state index in [0.717, 1.165) is 9.52 Å². The molecular formula is C14H13IN2O4. The molecule has 2 aromatic rings. The molecule has 2 rings (SSSR count). The summed E-state index contributed by atoms with van der Waals surface area (Å²) in [5.74, 6) is 1.51. The van der Waals surface area contributed by atoms with Gasteiger partial charge in [0.25, 0.3) is 5.91 Å². The number of hydrogen-bond donors (Lipinski definition) is 1. The van der Waals surface area contributed by atoms with Crippen LogP contribution in [0, 0.1) is 3.77 Å². The van der Waals surface area contributed by atoms with Crippen molar-refractivity contribution in [2.75, 3.05) is 13.7 Å². The van der Waals surface area contributed by atoms with Crippen molar-refractivity contribution in [1.82, 2.24) is 5.43 Å². The number of benzene rings is 1. The van der Waals surface area contributed by atoms with Crippen LogP contribution in [0.3, 0.4) is 0 Å². The zero-order valence-electron chi connectivity index (χ0n) is 11.2. The molecule has 0 spiro atoms. The van der Waals surface area contributed by atoms with E-state index in [-0.39, 0.29) is 12.5 Å². The summed E-state index contributed by atoms with van der Waals surface area (Å²) in [7, 11) is 1.58. The third kappa shape index (κ3) is 5.10. The minimum Gasteiger partial charge on any atom is -0.497 e. The summed E-state index contributed by atoms with van der Waals surface area (Å²) in [6, 6.07) is 10.5. The number of nitrogens with one attached hydrogen (secondary N) is 1. The fraction of sp³-hybridized carbons (Fsp3) is 0.143. The monoisotopic (exact) mass is 400 g/mol. The topological polar surface area (TPSA) is 73.1 Å². The quantitative estimate of drug-likeness (QED) is 0.459. The molecule has 1 aromatic heterocycles. The van der Waals surface area contributed by atoms with E-state index in [1.807, 2.05) is 22.6 Å². The van der Waals surface area contributed by atoms with Crippen LogP contribution in [-0.2, 0) is 4.79 Å². The van der Waals surface area contributed by atoms with E-state index in [4.69, 9.17) is 13.9 Å². The minimum atomic E-state index is -0.358. The highest BCUT2D eigenvalue weighted by atomic mass is 127. The predicted octanol–water partition coefficient (Wildman–Crippen LogP) is 2.42. The summed E-state index contributed by atoms with van der Waals surface area (Å²) >= 11 is 2.05. The van der Waals surface area contributed by atoms with Gasteiger partial charge in [0.2, 0.25) is 0 Å². The molecule has 21 heavy (non-hydrogen) atoms. The second-order valence-corrected chi connectivity index (χ2v) is 4.96. The molecule has 0 saturated heterocycles. The molecular weight excluding hydrogens is 387 g/mol. The van der Waals surface area contributed by atoms with Crippen molar-refractivity contribution >= 4 is 34.7 Å². The maximum absolute atomic E-state index is 11.5. The van der Waals surface area contributed by atoms with Gasteiger partial charge in [-0.15, -0.1) is 0 Å². The number of carbonyl (C=O) groups is 1. The molecule has 7 heteroatoms. The van der Waals surface area contributed by atoms with E-state index < -0.39 is 0 Å². The predicted molar refractivity (Wildman–Crippen MR) is 85.7 cm³/mol. The first-order chi connectivity index (χ1) is 10.2. The lowest BCUT2D eigenvalue weighted by Crippen LogP contribution is -2.24. The van der Waals surface area contributed by atoms with Gasteiger partial charge in [-0.3, -0.25) is 4.79 Å². The van der Waals surface area contributed by atoms with Crippen LogP contribution in [0.15, 0.2) is 45.9 Å². The Labute approximate surface area is 135 Å². The smallest absolute Gasteiger partial charge is 0.277 e. The highest BCUT2D eigenvalue weighted by Gasteiger charge is 2.02. The first-order valence-electron chi connectivity index (χ1n) is 6.01. The van der Waals surface area contributed by atoms with Gasteiger partial charge in [-0.1, -0.05) is 0 Å². The number of methoxy groups -OCH3 is 1. The Bertz CT molecular complexity index is 622. The van der Waals surface area contributed by atoms with Crippen molar-refractivity contribution in [3.8, 4) is 11.5 Å². The SMILES string of the molecule is COc1ccc(OCC(=O)N/N=C/c2ccc(I)o2)cc1. The Morgan fingerprint density at radius 3 is 2.62 bits per heavy atom. The molecule has 1 heterocycles. The van der Waals surface area contributed by atoms with Crippen molar-refractivity contribution in [3.63, 3.8) is 0 Å². The highest BCUT2D eigenvalue weighted by molar-refractivity contribution is 14.1. The van der Waals surface area contributed by atoms with Crippen LogP contribution in [0.25, 0.3) is 0 Å². The van der Waals surface area contributed by atoms with Crippen LogP contribution in [-0.4, -0.2) is 25.8 Å². The molecule has 110 valence electrons. The summed E-state index contributed by atoms with van der Waals surface area (Å²) in [5.41, 5.74) is 2.35. The molecule has 0 fully saturated rings. The van der Waals surface area contributed by atoms with Gasteiger partial charge >= 0.3 is 0 Å². The molecule has 0 atom stereocenters. The normalized spacial score (nSPS) is 10.6.